The maximum Gasteiger partial charge on any atom is 0.332 e. The minimum atomic E-state index is -0.648. The zero-order valence-electron chi connectivity index (χ0n) is 10.1. The molecule has 1 aromatic rings. The lowest BCUT2D eigenvalue weighted by Gasteiger charge is -2.05. The first-order chi connectivity index (χ1) is 8.15. The molecule has 0 aliphatic rings. The minimum absolute atomic E-state index is 0.648. The summed E-state index contributed by atoms with van der Waals surface area (Å²) in [6.45, 7) is 1.98. The van der Waals surface area contributed by atoms with Crippen molar-refractivity contribution < 1.29 is 9.53 Å². The van der Waals surface area contributed by atoms with Crippen LogP contribution in [0.5, 0.6) is 5.75 Å². The van der Waals surface area contributed by atoms with Crippen molar-refractivity contribution in [3.8, 4) is 5.75 Å². The molecular formula is C12H17N3O2. The first-order valence-electron chi connectivity index (χ1n) is 5.39. The Morgan fingerprint density at radius 3 is 2.53 bits per heavy atom. The summed E-state index contributed by atoms with van der Waals surface area (Å²) in [7, 11) is 1.63. The number of rotatable bonds is 5. The number of nitrogens with two attached hydrogens (primary N) is 1. The van der Waals surface area contributed by atoms with Crippen LogP contribution in [0.15, 0.2) is 29.4 Å². The van der Waals surface area contributed by atoms with Gasteiger partial charge in [-0.2, -0.15) is 5.10 Å². The van der Waals surface area contributed by atoms with Gasteiger partial charge in [-0.25, -0.2) is 10.2 Å². The zero-order valence-corrected chi connectivity index (χ0v) is 10.1. The molecule has 92 valence electrons. The third kappa shape index (κ3) is 4.55. The summed E-state index contributed by atoms with van der Waals surface area (Å²) in [6.07, 6.45) is 1.44. The number of urea groups is 1. The van der Waals surface area contributed by atoms with Crippen molar-refractivity contribution in [3.05, 3.63) is 29.8 Å². The number of methoxy groups -OCH3 is 1. The van der Waals surface area contributed by atoms with E-state index in [4.69, 9.17) is 10.5 Å². The molecule has 0 saturated carbocycles. The number of nitrogens with one attached hydrogen (secondary N) is 1. The van der Waals surface area contributed by atoms with E-state index in [0.29, 0.717) is 6.42 Å². The van der Waals surface area contributed by atoms with Crippen molar-refractivity contribution in [2.24, 2.45) is 10.8 Å². The Morgan fingerprint density at radius 2 is 2.06 bits per heavy atom. The fourth-order valence-electron chi connectivity index (χ4n) is 1.36. The first-order valence-corrected chi connectivity index (χ1v) is 5.39. The van der Waals surface area contributed by atoms with Gasteiger partial charge >= 0.3 is 6.03 Å². The van der Waals surface area contributed by atoms with Gasteiger partial charge in [-0.05, 0) is 24.1 Å². The number of carbonyl (C=O) groups is 1. The maximum atomic E-state index is 10.5. The molecule has 1 rings (SSSR count). The third-order valence-electron chi connectivity index (χ3n) is 2.30. The summed E-state index contributed by atoms with van der Waals surface area (Å²) in [5, 5.41) is 3.94. The van der Waals surface area contributed by atoms with E-state index in [-0.39, 0.29) is 0 Å². The van der Waals surface area contributed by atoms with Gasteiger partial charge in [0.2, 0.25) is 0 Å². The van der Waals surface area contributed by atoms with Crippen LogP contribution in [0.1, 0.15) is 18.9 Å². The summed E-state index contributed by atoms with van der Waals surface area (Å²) < 4.78 is 5.08. The Bertz CT molecular complexity index is 399. The second-order valence-electron chi connectivity index (χ2n) is 3.53. The topological polar surface area (TPSA) is 76.7 Å². The summed E-state index contributed by atoms with van der Waals surface area (Å²) in [5.41, 5.74) is 9.17. The molecule has 0 aliphatic heterocycles. The standard InChI is InChI=1S/C12H17N3O2/c1-3-10(14-15-12(13)16)8-9-4-6-11(17-2)7-5-9/h4-7H,3,8H2,1-2H3,(H3,13,15,16). The molecule has 0 unspecified atom stereocenters. The Hall–Kier alpha value is -2.04. The maximum absolute atomic E-state index is 10.5. The Labute approximate surface area is 101 Å². The third-order valence-corrected chi connectivity index (χ3v) is 2.30. The van der Waals surface area contributed by atoms with Gasteiger partial charge in [-0.3, -0.25) is 0 Å². The summed E-state index contributed by atoms with van der Waals surface area (Å²) in [5.74, 6) is 0.819. The van der Waals surface area contributed by atoms with E-state index < -0.39 is 6.03 Å². The highest BCUT2D eigenvalue weighted by Gasteiger charge is 2.01. The molecule has 0 aliphatic carbocycles. The molecule has 3 N–H and O–H groups in total. The molecule has 0 atom stereocenters. The molecule has 0 radical (unpaired) electrons. The molecule has 1 aromatic carbocycles. The van der Waals surface area contributed by atoms with Crippen LogP contribution in [0.25, 0.3) is 0 Å². The van der Waals surface area contributed by atoms with Crippen LogP contribution in [0.2, 0.25) is 0 Å². The number of ether oxygens (including phenoxy) is 1. The van der Waals surface area contributed by atoms with E-state index in [2.05, 4.69) is 10.5 Å². The normalized spacial score (nSPS) is 11.1. The van der Waals surface area contributed by atoms with Gasteiger partial charge in [0.05, 0.1) is 7.11 Å². The van der Waals surface area contributed by atoms with Gasteiger partial charge in [0, 0.05) is 12.1 Å². The van der Waals surface area contributed by atoms with E-state index in [1.54, 1.807) is 7.11 Å². The molecule has 0 fully saturated rings. The zero-order chi connectivity index (χ0) is 12.7. The predicted octanol–water partition coefficient (Wildman–Crippen LogP) is 1.67. The number of amides is 2. The fraction of sp³-hybridized carbons (Fsp3) is 0.333. The van der Waals surface area contributed by atoms with Crippen LogP contribution < -0.4 is 15.9 Å². The number of hydrazone groups is 1. The van der Waals surface area contributed by atoms with Crippen LogP contribution in [0.4, 0.5) is 4.79 Å². The van der Waals surface area contributed by atoms with Crippen molar-refractivity contribution >= 4 is 11.7 Å². The molecule has 0 heterocycles. The number of hydrogen-bond acceptors (Lipinski definition) is 3. The molecule has 17 heavy (non-hydrogen) atoms. The first kappa shape index (κ1) is 13.0. The molecule has 0 bridgehead atoms. The summed E-state index contributed by atoms with van der Waals surface area (Å²) in [4.78, 5) is 10.5. The van der Waals surface area contributed by atoms with Gasteiger partial charge in [-0.1, -0.05) is 19.1 Å². The van der Waals surface area contributed by atoms with Crippen LogP contribution >= 0.6 is 0 Å². The molecule has 5 heteroatoms. The second kappa shape index (κ2) is 6.52. The Morgan fingerprint density at radius 1 is 1.41 bits per heavy atom. The van der Waals surface area contributed by atoms with Gasteiger partial charge < -0.3 is 10.5 Å². The highest BCUT2D eigenvalue weighted by molar-refractivity contribution is 5.87. The van der Waals surface area contributed by atoms with E-state index in [1.807, 2.05) is 31.2 Å². The average Bonchev–Trinajstić information content (AvgIpc) is 2.35. The number of benzene rings is 1. The van der Waals surface area contributed by atoms with Gasteiger partial charge in [-0.15, -0.1) is 0 Å². The minimum Gasteiger partial charge on any atom is -0.497 e. The lowest BCUT2D eigenvalue weighted by Crippen LogP contribution is -2.26. The average molecular weight is 235 g/mol. The van der Waals surface area contributed by atoms with Crippen LogP contribution in [0, 0.1) is 0 Å². The lowest BCUT2D eigenvalue weighted by molar-refractivity contribution is 0.249. The number of carbonyl (C=O) groups excluding carboxylic acids is 1. The molecule has 0 aromatic heterocycles. The molecule has 5 nitrogen and oxygen atoms in total. The smallest absolute Gasteiger partial charge is 0.332 e. The fourth-order valence-corrected chi connectivity index (χ4v) is 1.36. The molecule has 0 spiro atoms. The van der Waals surface area contributed by atoms with Gasteiger partial charge in [0.15, 0.2) is 0 Å². The Kier molecular flexibility index (Phi) is 5.00. The molecule has 2 amide bonds. The predicted molar refractivity (Wildman–Crippen MR) is 67.1 cm³/mol. The SMILES string of the molecule is CCC(Cc1ccc(OC)cc1)=NNC(N)=O. The van der Waals surface area contributed by atoms with Crippen molar-refractivity contribution in [1.29, 1.82) is 0 Å². The molecule has 0 saturated heterocycles. The second-order valence-corrected chi connectivity index (χ2v) is 3.53. The number of nitrogens with zero attached hydrogens (tertiary/aromatic N) is 1. The quantitative estimate of drug-likeness (QED) is 0.601. The number of primary amides is 1. The van der Waals surface area contributed by atoms with Crippen LogP contribution in [-0.2, 0) is 6.42 Å². The van der Waals surface area contributed by atoms with Gasteiger partial charge in [0.1, 0.15) is 5.75 Å². The highest BCUT2D eigenvalue weighted by Crippen LogP contribution is 2.12. The lowest BCUT2D eigenvalue weighted by atomic mass is 10.1. The van der Waals surface area contributed by atoms with Crippen LogP contribution in [0.3, 0.4) is 0 Å². The van der Waals surface area contributed by atoms with Crippen LogP contribution in [-0.4, -0.2) is 18.9 Å². The Balaban J connectivity index is 2.66. The monoisotopic (exact) mass is 235 g/mol. The largest absolute Gasteiger partial charge is 0.497 e. The van der Waals surface area contributed by atoms with Crippen molar-refractivity contribution in [2.75, 3.05) is 7.11 Å². The van der Waals surface area contributed by atoms with E-state index in [9.17, 15) is 4.79 Å². The highest BCUT2D eigenvalue weighted by atomic mass is 16.5. The summed E-state index contributed by atoms with van der Waals surface area (Å²) >= 11 is 0. The van der Waals surface area contributed by atoms with E-state index in [0.717, 1.165) is 23.4 Å². The number of hydrogen-bond donors (Lipinski definition) is 2. The summed E-state index contributed by atoms with van der Waals surface area (Å²) in [6, 6.07) is 7.07. The van der Waals surface area contributed by atoms with Crippen molar-refractivity contribution in [3.63, 3.8) is 0 Å². The molecular weight excluding hydrogens is 218 g/mol. The van der Waals surface area contributed by atoms with E-state index in [1.165, 1.54) is 0 Å². The van der Waals surface area contributed by atoms with Gasteiger partial charge in [0.25, 0.3) is 0 Å². The van der Waals surface area contributed by atoms with E-state index >= 15 is 0 Å². The van der Waals surface area contributed by atoms with Crippen molar-refractivity contribution in [1.82, 2.24) is 5.43 Å². The van der Waals surface area contributed by atoms with Crippen molar-refractivity contribution in [2.45, 2.75) is 19.8 Å².